The Hall–Kier alpha value is -2.64. The van der Waals surface area contributed by atoms with Crippen LogP contribution in [0, 0.1) is 0 Å². The van der Waals surface area contributed by atoms with Gasteiger partial charge in [0.1, 0.15) is 17.4 Å². The summed E-state index contributed by atoms with van der Waals surface area (Å²) in [5.74, 6) is 0.631. The first kappa shape index (κ1) is 26.9. The summed E-state index contributed by atoms with van der Waals surface area (Å²) < 4.78 is 6.76. The zero-order valence-corrected chi connectivity index (χ0v) is 24.4. The molecule has 1 amide bonds. The van der Waals surface area contributed by atoms with Gasteiger partial charge >= 0.3 is 0 Å². The van der Waals surface area contributed by atoms with E-state index in [9.17, 15) is 4.79 Å². The van der Waals surface area contributed by atoms with Crippen LogP contribution in [0.3, 0.4) is 0 Å². The van der Waals surface area contributed by atoms with Crippen molar-refractivity contribution in [3.63, 3.8) is 0 Å². The highest BCUT2D eigenvalue weighted by atomic mass is 79.9. The second kappa shape index (κ2) is 12.5. The SMILES string of the molecule is O=C(NCc1ccccc1)c1c(/N=C/c2ccc(OCc3ccc(Cl)cc3Cl)c(Br)c2)sc2c1CCCC2. The Morgan fingerprint density at radius 1 is 1.05 bits per heavy atom. The fourth-order valence-corrected chi connectivity index (χ4v) is 6.59. The standard InChI is InChI=1S/C30H25BrCl2N2O2S/c31-24-14-20(10-13-26(24)37-18-21-11-12-22(32)15-25(21)33)17-35-30-28(23-8-4-5-9-27(23)38-30)29(36)34-16-19-6-2-1-3-7-19/h1-3,6-7,10-15,17H,4-5,8-9,16,18H2,(H,34,36)/b35-17+. The number of ether oxygens (including phenoxy) is 1. The Morgan fingerprint density at radius 3 is 2.66 bits per heavy atom. The van der Waals surface area contributed by atoms with E-state index in [1.807, 2.05) is 54.6 Å². The molecule has 0 bridgehead atoms. The van der Waals surface area contributed by atoms with Crippen LogP contribution in [-0.2, 0) is 26.0 Å². The molecule has 0 aliphatic heterocycles. The maximum atomic E-state index is 13.3. The molecule has 8 heteroatoms. The number of amides is 1. The first-order valence-electron chi connectivity index (χ1n) is 12.3. The van der Waals surface area contributed by atoms with E-state index in [0.717, 1.165) is 63.0 Å². The molecule has 1 aliphatic carbocycles. The molecule has 194 valence electrons. The van der Waals surface area contributed by atoms with Gasteiger partial charge in [-0.2, -0.15) is 0 Å². The van der Waals surface area contributed by atoms with Crippen LogP contribution in [-0.4, -0.2) is 12.1 Å². The second-order valence-electron chi connectivity index (χ2n) is 9.03. The summed E-state index contributed by atoms with van der Waals surface area (Å²) in [4.78, 5) is 19.4. The van der Waals surface area contributed by atoms with Gasteiger partial charge in [-0.1, -0.05) is 59.6 Å². The summed E-state index contributed by atoms with van der Waals surface area (Å²) in [7, 11) is 0. The zero-order chi connectivity index (χ0) is 26.5. The molecule has 0 atom stereocenters. The van der Waals surface area contributed by atoms with E-state index in [0.29, 0.717) is 28.9 Å². The van der Waals surface area contributed by atoms with E-state index >= 15 is 0 Å². The smallest absolute Gasteiger partial charge is 0.254 e. The first-order valence-corrected chi connectivity index (χ1v) is 14.7. The maximum Gasteiger partial charge on any atom is 0.254 e. The van der Waals surface area contributed by atoms with E-state index < -0.39 is 0 Å². The third-order valence-electron chi connectivity index (χ3n) is 6.36. The van der Waals surface area contributed by atoms with E-state index in [4.69, 9.17) is 32.9 Å². The summed E-state index contributed by atoms with van der Waals surface area (Å²) in [5.41, 5.74) is 4.70. The molecule has 4 aromatic rings. The number of halogens is 3. The molecule has 1 aromatic heterocycles. The quantitative estimate of drug-likeness (QED) is 0.198. The molecule has 1 N–H and O–H groups in total. The normalized spacial score (nSPS) is 12.9. The Kier molecular flexibility index (Phi) is 8.85. The molecule has 0 saturated carbocycles. The number of nitrogens with one attached hydrogen (secondary N) is 1. The van der Waals surface area contributed by atoms with Gasteiger partial charge in [0.05, 0.1) is 10.0 Å². The lowest BCUT2D eigenvalue weighted by atomic mass is 9.95. The van der Waals surface area contributed by atoms with Crippen molar-refractivity contribution in [2.24, 2.45) is 4.99 Å². The summed E-state index contributed by atoms with van der Waals surface area (Å²) in [6, 6.07) is 21.1. The first-order chi connectivity index (χ1) is 18.5. The van der Waals surface area contributed by atoms with Crippen molar-refractivity contribution < 1.29 is 9.53 Å². The molecule has 38 heavy (non-hydrogen) atoms. The van der Waals surface area contributed by atoms with Gasteiger partial charge in [-0.3, -0.25) is 4.79 Å². The average Bonchev–Trinajstić information content (AvgIpc) is 3.30. The monoisotopic (exact) mass is 626 g/mol. The Morgan fingerprint density at radius 2 is 1.87 bits per heavy atom. The molecule has 0 unspecified atom stereocenters. The number of rotatable bonds is 8. The number of carbonyl (C=O) groups excluding carboxylic acids is 1. The molecule has 1 heterocycles. The Balaban J connectivity index is 1.32. The van der Waals surface area contributed by atoms with Gasteiger partial charge in [0.15, 0.2) is 0 Å². The fraction of sp³-hybridized carbons (Fsp3) is 0.200. The van der Waals surface area contributed by atoms with Gasteiger partial charge in [0.2, 0.25) is 0 Å². The van der Waals surface area contributed by atoms with Gasteiger partial charge < -0.3 is 10.1 Å². The zero-order valence-electron chi connectivity index (χ0n) is 20.5. The van der Waals surface area contributed by atoms with Crippen LogP contribution < -0.4 is 10.1 Å². The van der Waals surface area contributed by atoms with Crippen LogP contribution >= 0.6 is 50.5 Å². The van der Waals surface area contributed by atoms with Gasteiger partial charge in [0.25, 0.3) is 5.91 Å². The summed E-state index contributed by atoms with van der Waals surface area (Å²) in [5, 5.41) is 5.01. The van der Waals surface area contributed by atoms with Crippen LogP contribution in [0.15, 0.2) is 76.2 Å². The summed E-state index contributed by atoms with van der Waals surface area (Å²) in [6.07, 6.45) is 5.98. The van der Waals surface area contributed by atoms with Crippen molar-refractivity contribution in [3.8, 4) is 5.75 Å². The van der Waals surface area contributed by atoms with Crippen molar-refractivity contribution in [1.82, 2.24) is 5.32 Å². The second-order valence-corrected chi connectivity index (χ2v) is 11.8. The number of aliphatic imine (C=N–C) groups is 1. The number of carbonyl (C=O) groups is 1. The van der Waals surface area contributed by atoms with Gasteiger partial charge in [-0.25, -0.2) is 4.99 Å². The van der Waals surface area contributed by atoms with E-state index in [-0.39, 0.29) is 5.91 Å². The van der Waals surface area contributed by atoms with E-state index in [2.05, 4.69) is 21.2 Å². The number of benzene rings is 3. The van der Waals surface area contributed by atoms with Crippen LogP contribution in [0.5, 0.6) is 5.75 Å². The highest BCUT2D eigenvalue weighted by Crippen LogP contribution is 2.40. The molecular formula is C30H25BrCl2N2O2S. The largest absolute Gasteiger partial charge is 0.488 e. The minimum atomic E-state index is -0.0637. The van der Waals surface area contributed by atoms with Crippen molar-refractivity contribution >= 4 is 67.6 Å². The van der Waals surface area contributed by atoms with E-state index in [1.54, 1.807) is 29.7 Å². The number of hydrogen-bond donors (Lipinski definition) is 1. The molecule has 0 radical (unpaired) electrons. The molecule has 3 aromatic carbocycles. The minimum absolute atomic E-state index is 0.0637. The van der Waals surface area contributed by atoms with Crippen molar-refractivity contribution in [2.45, 2.75) is 38.8 Å². The highest BCUT2D eigenvalue weighted by Gasteiger charge is 2.25. The molecule has 0 fully saturated rings. The summed E-state index contributed by atoms with van der Waals surface area (Å²) in [6.45, 7) is 0.813. The van der Waals surface area contributed by atoms with Crippen LogP contribution in [0.25, 0.3) is 0 Å². The predicted molar refractivity (Wildman–Crippen MR) is 161 cm³/mol. The molecule has 0 saturated heterocycles. The Bertz CT molecular complexity index is 1490. The third kappa shape index (κ3) is 6.49. The lowest BCUT2D eigenvalue weighted by molar-refractivity contribution is 0.0951. The van der Waals surface area contributed by atoms with Crippen molar-refractivity contribution in [1.29, 1.82) is 0 Å². The lowest BCUT2D eigenvalue weighted by Gasteiger charge is -2.13. The molecule has 4 nitrogen and oxygen atoms in total. The topological polar surface area (TPSA) is 50.7 Å². The average molecular weight is 628 g/mol. The summed E-state index contributed by atoms with van der Waals surface area (Å²) >= 11 is 17.5. The van der Waals surface area contributed by atoms with Crippen LogP contribution in [0.4, 0.5) is 5.00 Å². The highest BCUT2D eigenvalue weighted by molar-refractivity contribution is 9.10. The van der Waals surface area contributed by atoms with Crippen molar-refractivity contribution in [2.75, 3.05) is 0 Å². The third-order valence-corrected chi connectivity index (χ3v) is 8.77. The molecule has 0 spiro atoms. The number of fused-ring (bicyclic) bond motifs is 1. The predicted octanol–water partition coefficient (Wildman–Crippen LogP) is 8.96. The number of aryl methyl sites for hydroxylation is 1. The maximum absolute atomic E-state index is 13.3. The van der Waals surface area contributed by atoms with Gasteiger partial charge in [-0.15, -0.1) is 11.3 Å². The lowest BCUT2D eigenvalue weighted by Crippen LogP contribution is -2.24. The van der Waals surface area contributed by atoms with Gasteiger partial charge in [0, 0.05) is 33.2 Å². The molecular weight excluding hydrogens is 603 g/mol. The van der Waals surface area contributed by atoms with Crippen LogP contribution in [0.1, 0.15) is 50.3 Å². The Labute approximate surface area is 244 Å². The van der Waals surface area contributed by atoms with Gasteiger partial charge in [-0.05, 0) is 88.6 Å². The number of nitrogens with zero attached hydrogens (tertiary/aromatic N) is 1. The van der Waals surface area contributed by atoms with Crippen molar-refractivity contribution in [3.05, 3.63) is 114 Å². The minimum Gasteiger partial charge on any atom is -0.488 e. The number of hydrogen-bond acceptors (Lipinski definition) is 4. The van der Waals surface area contributed by atoms with E-state index in [1.165, 1.54) is 4.88 Å². The van der Waals surface area contributed by atoms with Crippen LogP contribution in [0.2, 0.25) is 10.0 Å². The fourth-order valence-electron chi connectivity index (χ4n) is 4.39. The molecule has 5 rings (SSSR count). The molecule has 1 aliphatic rings. The number of thiophene rings is 1.